The third-order valence-corrected chi connectivity index (χ3v) is 7.56. The Bertz CT molecular complexity index is 1360. The molecule has 0 spiro atoms. The van der Waals surface area contributed by atoms with Gasteiger partial charge in [-0.3, -0.25) is 14.9 Å². The molecule has 0 heterocycles. The summed E-state index contributed by atoms with van der Waals surface area (Å²) in [6, 6.07) is 12.9. The predicted molar refractivity (Wildman–Crippen MR) is 143 cm³/mol. The van der Waals surface area contributed by atoms with Gasteiger partial charge in [-0.15, -0.1) is 0 Å². The number of nitriles is 2. The standard InChI is InChI=1S/C30H31F4N5O2/c1-27(2,31)17-23(25(40)39-28(18-36)11-12-28)38-24(30(32,33)34)21-5-3-19(4-6-21)20-7-9-22(10-8-20)29(13-14-29)26(41)37-16-15-35/h3-10,23-24,38H,11-14,16-17H2,1-2H3,(H,37,41)(H,39,40)/t23-,24-/m0/s1. The monoisotopic (exact) mass is 569 g/mol. The minimum atomic E-state index is -4.79. The lowest BCUT2D eigenvalue weighted by Crippen LogP contribution is -2.53. The molecular formula is C30H31F4N5O2. The summed E-state index contributed by atoms with van der Waals surface area (Å²) in [5.41, 5.74) is -1.69. The molecule has 4 rings (SSSR count). The SMILES string of the molecule is CC(C)(F)C[C@H](N[C@@H](c1ccc(-c2ccc(C3(C(=O)NCC#N)CC3)cc2)cc1)C(F)(F)F)C(=O)NC1(C#N)CC1. The van der Waals surface area contributed by atoms with Crippen LogP contribution in [0.3, 0.4) is 0 Å². The van der Waals surface area contributed by atoms with Crippen LogP contribution in [0, 0.1) is 22.7 Å². The van der Waals surface area contributed by atoms with Crippen molar-refractivity contribution in [2.45, 2.75) is 80.8 Å². The molecule has 0 saturated heterocycles. The number of hydrogen-bond donors (Lipinski definition) is 3. The van der Waals surface area contributed by atoms with Gasteiger partial charge in [-0.1, -0.05) is 48.5 Å². The van der Waals surface area contributed by atoms with Crippen LogP contribution in [0.2, 0.25) is 0 Å². The zero-order valence-corrected chi connectivity index (χ0v) is 22.7. The van der Waals surface area contributed by atoms with Crippen molar-refractivity contribution in [2.24, 2.45) is 0 Å². The molecule has 0 aliphatic heterocycles. The van der Waals surface area contributed by atoms with E-state index in [1.807, 2.05) is 12.1 Å². The zero-order chi connectivity index (χ0) is 30.1. The van der Waals surface area contributed by atoms with Crippen molar-refractivity contribution in [3.8, 4) is 23.3 Å². The Labute approximate surface area is 235 Å². The van der Waals surface area contributed by atoms with E-state index in [1.54, 1.807) is 24.3 Å². The van der Waals surface area contributed by atoms with Gasteiger partial charge in [0.25, 0.3) is 0 Å². The van der Waals surface area contributed by atoms with Crippen molar-refractivity contribution >= 4 is 11.8 Å². The summed E-state index contributed by atoms with van der Waals surface area (Å²) in [6.45, 7) is 2.29. The van der Waals surface area contributed by atoms with Gasteiger partial charge < -0.3 is 10.6 Å². The van der Waals surface area contributed by atoms with Crippen molar-refractivity contribution in [1.82, 2.24) is 16.0 Å². The molecule has 0 unspecified atom stereocenters. The highest BCUT2D eigenvalue weighted by molar-refractivity contribution is 5.91. The third kappa shape index (κ3) is 7.04. The number of nitrogens with one attached hydrogen (secondary N) is 3. The average molecular weight is 570 g/mol. The van der Waals surface area contributed by atoms with E-state index in [0.717, 1.165) is 11.1 Å². The van der Waals surface area contributed by atoms with Crippen LogP contribution in [0.15, 0.2) is 48.5 Å². The molecule has 7 nitrogen and oxygen atoms in total. The Hall–Kier alpha value is -3.96. The van der Waals surface area contributed by atoms with E-state index in [4.69, 9.17) is 5.26 Å². The molecular weight excluding hydrogens is 538 g/mol. The Kier molecular flexibility index (Phi) is 8.15. The zero-order valence-electron chi connectivity index (χ0n) is 22.7. The summed E-state index contributed by atoms with van der Waals surface area (Å²) < 4.78 is 57.2. The first kappa shape index (κ1) is 30.0. The topological polar surface area (TPSA) is 118 Å². The molecule has 41 heavy (non-hydrogen) atoms. The van der Waals surface area contributed by atoms with Crippen LogP contribution in [0.25, 0.3) is 11.1 Å². The van der Waals surface area contributed by atoms with Crippen molar-refractivity contribution < 1.29 is 27.2 Å². The minimum absolute atomic E-state index is 0.0730. The van der Waals surface area contributed by atoms with Crippen LogP contribution in [0.5, 0.6) is 0 Å². The van der Waals surface area contributed by atoms with Crippen LogP contribution in [-0.4, -0.2) is 41.8 Å². The molecule has 2 saturated carbocycles. The van der Waals surface area contributed by atoms with Gasteiger partial charge in [-0.25, -0.2) is 4.39 Å². The van der Waals surface area contributed by atoms with Crippen LogP contribution < -0.4 is 16.0 Å². The van der Waals surface area contributed by atoms with Crippen LogP contribution >= 0.6 is 0 Å². The van der Waals surface area contributed by atoms with E-state index in [9.17, 15) is 32.4 Å². The van der Waals surface area contributed by atoms with Gasteiger partial charge in [0.15, 0.2) is 0 Å². The highest BCUT2D eigenvalue weighted by atomic mass is 19.4. The van der Waals surface area contributed by atoms with Crippen molar-refractivity contribution in [3.63, 3.8) is 0 Å². The van der Waals surface area contributed by atoms with Gasteiger partial charge in [-0.2, -0.15) is 23.7 Å². The second-order valence-corrected chi connectivity index (χ2v) is 11.4. The lowest BCUT2D eigenvalue weighted by Gasteiger charge is -2.30. The van der Waals surface area contributed by atoms with Crippen molar-refractivity contribution in [2.75, 3.05) is 6.54 Å². The third-order valence-electron chi connectivity index (χ3n) is 7.56. The fourth-order valence-electron chi connectivity index (χ4n) is 4.92. The van der Waals surface area contributed by atoms with E-state index >= 15 is 0 Å². The fraction of sp³-hybridized carbons (Fsp3) is 0.467. The van der Waals surface area contributed by atoms with E-state index in [0.29, 0.717) is 31.2 Å². The number of carbonyl (C=O) groups is 2. The molecule has 0 bridgehead atoms. The quantitative estimate of drug-likeness (QED) is 0.263. The number of hydrogen-bond acceptors (Lipinski definition) is 5. The minimum Gasteiger partial charge on any atom is -0.342 e. The highest BCUT2D eigenvalue weighted by Crippen LogP contribution is 2.48. The Balaban J connectivity index is 1.52. The number of amides is 2. The molecule has 2 atom stereocenters. The van der Waals surface area contributed by atoms with Gasteiger partial charge in [0.05, 0.1) is 23.6 Å². The molecule has 2 aromatic carbocycles. The summed E-state index contributed by atoms with van der Waals surface area (Å²) in [5, 5.41) is 25.4. The number of alkyl halides is 4. The Morgan fingerprint density at radius 1 is 0.927 bits per heavy atom. The molecule has 2 aromatic rings. The van der Waals surface area contributed by atoms with E-state index < -0.39 is 47.2 Å². The first-order valence-electron chi connectivity index (χ1n) is 13.3. The maximum Gasteiger partial charge on any atom is 0.407 e. The predicted octanol–water partition coefficient (Wildman–Crippen LogP) is 4.90. The number of nitrogens with zero attached hydrogens (tertiary/aromatic N) is 2. The van der Waals surface area contributed by atoms with Crippen LogP contribution in [0.1, 0.15) is 63.1 Å². The first-order chi connectivity index (χ1) is 19.2. The maximum atomic E-state index is 14.5. The molecule has 216 valence electrons. The summed E-state index contributed by atoms with van der Waals surface area (Å²) >= 11 is 0. The second-order valence-electron chi connectivity index (χ2n) is 11.4. The summed E-state index contributed by atoms with van der Waals surface area (Å²) in [5.74, 6) is -1.06. The fourth-order valence-corrected chi connectivity index (χ4v) is 4.92. The van der Waals surface area contributed by atoms with Crippen molar-refractivity contribution in [3.05, 3.63) is 59.7 Å². The van der Waals surface area contributed by atoms with E-state index in [2.05, 4.69) is 16.0 Å². The second kappa shape index (κ2) is 11.1. The van der Waals surface area contributed by atoms with E-state index in [1.165, 1.54) is 38.1 Å². The molecule has 0 radical (unpaired) electrons. The molecule has 0 aromatic heterocycles. The maximum absolute atomic E-state index is 14.5. The van der Waals surface area contributed by atoms with Crippen LogP contribution in [-0.2, 0) is 15.0 Å². The van der Waals surface area contributed by atoms with Crippen LogP contribution in [0.4, 0.5) is 17.6 Å². The molecule has 11 heteroatoms. The molecule has 2 aliphatic rings. The van der Waals surface area contributed by atoms with Crippen molar-refractivity contribution in [1.29, 1.82) is 10.5 Å². The lowest BCUT2D eigenvalue weighted by molar-refractivity contribution is -0.161. The molecule has 3 N–H and O–H groups in total. The average Bonchev–Trinajstić information content (AvgIpc) is 3.85. The summed E-state index contributed by atoms with van der Waals surface area (Å²) in [6.07, 6.45) is -3.20. The lowest BCUT2D eigenvalue weighted by atomic mass is 9.92. The normalized spacial score (nSPS) is 18.2. The number of carbonyl (C=O) groups excluding carboxylic acids is 2. The number of benzene rings is 2. The Morgan fingerprint density at radius 3 is 1.93 bits per heavy atom. The van der Waals surface area contributed by atoms with E-state index in [-0.39, 0.29) is 18.0 Å². The molecule has 2 fully saturated rings. The van der Waals surface area contributed by atoms with Gasteiger partial charge in [-0.05, 0) is 61.8 Å². The molecule has 2 amide bonds. The highest BCUT2D eigenvalue weighted by Gasteiger charge is 2.51. The number of halogens is 4. The Morgan fingerprint density at radius 2 is 1.49 bits per heavy atom. The number of rotatable bonds is 11. The van der Waals surface area contributed by atoms with Gasteiger partial charge >= 0.3 is 6.18 Å². The van der Waals surface area contributed by atoms with Gasteiger partial charge in [0.1, 0.15) is 23.8 Å². The smallest absolute Gasteiger partial charge is 0.342 e. The van der Waals surface area contributed by atoms with Gasteiger partial charge in [0, 0.05) is 6.42 Å². The molecule has 2 aliphatic carbocycles. The summed E-state index contributed by atoms with van der Waals surface area (Å²) in [4.78, 5) is 25.4. The summed E-state index contributed by atoms with van der Waals surface area (Å²) in [7, 11) is 0. The largest absolute Gasteiger partial charge is 0.407 e. The van der Waals surface area contributed by atoms with Gasteiger partial charge in [0.2, 0.25) is 11.8 Å². The first-order valence-corrected chi connectivity index (χ1v) is 13.3.